The summed E-state index contributed by atoms with van der Waals surface area (Å²) in [5, 5.41) is 23.1. The Balaban J connectivity index is 3.52. The average Bonchev–Trinajstić information content (AvgIpc) is 3.28. The fraction of sp³-hybridized carbons (Fsp3) is 0.860. The second-order valence-electron chi connectivity index (χ2n) is 18.9. The third kappa shape index (κ3) is 49.4. The van der Waals surface area contributed by atoms with E-state index < -0.39 is 12.1 Å². The number of hydrogen-bond donors (Lipinski definition) is 3. The Morgan fingerprint density at radius 3 is 1.22 bits per heavy atom. The number of ether oxygens (including phenoxy) is 1. The van der Waals surface area contributed by atoms with Crippen LogP contribution in [-0.4, -0.2) is 47.4 Å². The summed E-state index contributed by atoms with van der Waals surface area (Å²) in [6, 6.07) is -0.650. The van der Waals surface area contributed by atoms with Gasteiger partial charge < -0.3 is 20.3 Å². The maximum absolute atomic E-state index is 12.5. The molecule has 63 heavy (non-hydrogen) atoms. The Bertz CT molecular complexity index is 1020. The van der Waals surface area contributed by atoms with Gasteiger partial charge in [-0.25, -0.2) is 0 Å². The van der Waals surface area contributed by atoms with Gasteiger partial charge in [0.05, 0.1) is 25.4 Å². The summed E-state index contributed by atoms with van der Waals surface area (Å²) in [6.45, 7) is 4.83. The number of hydrogen-bond acceptors (Lipinski definition) is 5. The highest BCUT2D eigenvalue weighted by atomic mass is 16.5. The van der Waals surface area contributed by atoms with Gasteiger partial charge in [-0.2, -0.15) is 0 Å². The predicted molar refractivity (Wildman–Crippen MR) is 273 cm³/mol. The van der Waals surface area contributed by atoms with Gasteiger partial charge in [0.15, 0.2) is 0 Å². The van der Waals surface area contributed by atoms with Crippen molar-refractivity contribution in [1.29, 1.82) is 0 Å². The van der Waals surface area contributed by atoms with Gasteiger partial charge in [0, 0.05) is 12.8 Å². The van der Waals surface area contributed by atoms with Gasteiger partial charge in [-0.1, -0.05) is 249 Å². The van der Waals surface area contributed by atoms with Crippen molar-refractivity contribution >= 4 is 11.9 Å². The molecule has 0 spiro atoms. The minimum absolute atomic E-state index is 0.0345. The molecule has 0 saturated carbocycles. The highest BCUT2D eigenvalue weighted by molar-refractivity contribution is 5.76. The standard InChI is InChI=1S/C57H107NO5/c1-3-5-7-9-11-13-15-17-19-21-23-24-26-28-30-33-37-41-45-49-55(60)54(53-59)58-56(61)50-46-42-38-34-32-36-40-44-48-52-63-57(62)51-47-43-39-35-31-29-27-25-22-20-18-16-14-12-10-8-6-4-2/h14,16,20,22,45,49,54-55,59-60H,3-13,15,17-19,21,23-44,46-48,50-53H2,1-2H3,(H,58,61)/b16-14-,22-20-,49-45+. The van der Waals surface area contributed by atoms with Crippen molar-refractivity contribution in [3.63, 3.8) is 0 Å². The number of esters is 1. The molecule has 0 aliphatic carbocycles. The van der Waals surface area contributed by atoms with E-state index >= 15 is 0 Å². The maximum Gasteiger partial charge on any atom is 0.305 e. The molecule has 1 amide bonds. The highest BCUT2D eigenvalue weighted by Gasteiger charge is 2.18. The second kappa shape index (κ2) is 52.7. The van der Waals surface area contributed by atoms with E-state index in [0.29, 0.717) is 19.4 Å². The van der Waals surface area contributed by atoms with Crippen LogP contribution in [-0.2, 0) is 14.3 Å². The molecule has 6 heteroatoms. The number of nitrogens with one attached hydrogen (secondary N) is 1. The molecule has 0 radical (unpaired) electrons. The first-order valence-corrected chi connectivity index (χ1v) is 27.8. The fourth-order valence-electron chi connectivity index (χ4n) is 8.37. The number of rotatable bonds is 51. The average molecular weight is 886 g/mol. The van der Waals surface area contributed by atoms with Gasteiger partial charge >= 0.3 is 5.97 Å². The Morgan fingerprint density at radius 1 is 0.444 bits per heavy atom. The number of carbonyl (C=O) groups excluding carboxylic acids is 2. The fourth-order valence-corrected chi connectivity index (χ4v) is 8.37. The first kappa shape index (κ1) is 61.1. The minimum Gasteiger partial charge on any atom is -0.466 e. The van der Waals surface area contributed by atoms with Crippen molar-refractivity contribution in [2.24, 2.45) is 0 Å². The summed E-state index contributed by atoms with van der Waals surface area (Å²) >= 11 is 0. The van der Waals surface area contributed by atoms with E-state index in [1.165, 1.54) is 199 Å². The zero-order chi connectivity index (χ0) is 45.8. The van der Waals surface area contributed by atoms with Crippen molar-refractivity contribution in [2.45, 2.75) is 302 Å². The molecule has 0 saturated heterocycles. The van der Waals surface area contributed by atoms with Crippen LogP contribution in [0.4, 0.5) is 0 Å². The molecular weight excluding hydrogens is 779 g/mol. The molecule has 0 aromatic heterocycles. The van der Waals surface area contributed by atoms with Crippen molar-refractivity contribution in [3.05, 3.63) is 36.5 Å². The number of allylic oxidation sites excluding steroid dienone is 5. The molecule has 370 valence electrons. The van der Waals surface area contributed by atoms with Crippen LogP contribution in [0.15, 0.2) is 36.5 Å². The zero-order valence-electron chi connectivity index (χ0n) is 42.1. The van der Waals surface area contributed by atoms with Crippen LogP contribution in [0.1, 0.15) is 290 Å². The van der Waals surface area contributed by atoms with Crippen molar-refractivity contribution in [3.8, 4) is 0 Å². The van der Waals surface area contributed by atoms with Gasteiger partial charge in [-0.15, -0.1) is 0 Å². The molecule has 0 fully saturated rings. The first-order chi connectivity index (χ1) is 31.0. The molecular formula is C57H107NO5. The molecule has 0 aromatic rings. The normalized spacial score (nSPS) is 12.9. The summed E-state index contributed by atoms with van der Waals surface area (Å²) in [6.07, 6.45) is 64.3. The number of amides is 1. The molecule has 0 bridgehead atoms. The molecule has 2 unspecified atom stereocenters. The van der Waals surface area contributed by atoms with Crippen LogP contribution in [0.3, 0.4) is 0 Å². The Morgan fingerprint density at radius 2 is 0.794 bits per heavy atom. The topological polar surface area (TPSA) is 95.9 Å². The van der Waals surface area contributed by atoms with E-state index in [1.807, 2.05) is 6.08 Å². The zero-order valence-corrected chi connectivity index (χ0v) is 42.1. The van der Waals surface area contributed by atoms with E-state index in [-0.39, 0.29) is 18.5 Å². The maximum atomic E-state index is 12.5. The SMILES string of the molecule is CCCCCC/C=C\C/C=C\CCCCCCCCCC(=O)OCCCCCCCCCCCC(=O)NC(CO)C(O)/C=C/CCCCCCCCCCCCCCCCCCC. The van der Waals surface area contributed by atoms with E-state index in [9.17, 15) is 19.8 Å². The van der Waals surface area contributed by atoms with Crippen molar-refractivity contribution in [1.82, 2.24) is 5.32 Å². The van der Waals surface area contributed by atoms with Gasteiger partial charge in [0.25, 0.3) is 0 Å². The lowest BCUT2D eigenvalue weighted by molar-refractivity contribution is -0.143. The van der Waals surface area contributed by atoms with E-state index in [1.54, 1.807) is 6.08 Å². The molecule has 0 rings (SSSR count). The third-order valence-electron chi connectivity index (χ3n) is 12.7. The van der Waals surface area contributed by atoms with E-state index in [2.05, 4.69) is 43.5 Å². The smallest absolute Gasteiger partial charge is 0.305 e. The van der Waals surface area contributed by atoms with E-state index in [0.717, 1.165) is 64.2 Å². The lowest BCUT2D eigenvalue weighted by Gasteiger charge is -2.20. The van der Waals surface area contributed by atoms with Crippen LogP contribution in [0.2, 0.25) is 0 Å². The summed E-state index contributed by atoms with van der Waals surface area (Å²) < 4.78 is 5.46. The van der Waals surface area contributed by atoms with Crippen LogP contribution in [0.25, 0.3) is 0 Å². The number of aliphatic hydroxyl groups is 2. The van der Waals surface area contributed by atoms with E-state index in [4.69, 9.17) is 4.74 Å². The number of unbranched alkanes of at least 4 members (excludes halogenated alkanes) is 36. The largest absolute Gasteiger partial charge is 0.466 e. The van der Waals surface area contributed by atoms with Crippen LogP contribution < -0.4 is 5.32 Å². The number of aliphatic hydroxyl groups excluding tert-OH is 2. The van der Waals surface area contributed by atoms with Crippen molar-refractivity contribution in [2.75, 3.05) is 13.2 Å². The molecule has 3 N–H and O–H groups in total. The summed E-state index contributed by atoms with van der Waals surface area (Å²) in [4.78, 5) is 24.5. The Labute approximate surface area is 392 Å². The minimum atomic E-state index is -0.863. The number of carbonyl (C=O) groups is 2. The summed E-state index contributed by atoms with van der Waals surface area (Å²) in [7, 11) is 0. The van der Waals surface area contributed by atoms with Gasteiger partial charge in [0.2, 0.25) is 5.91 Å². The second-order valence-corrected chi connectivity index (χ2v) is 18.9. The molecule has 0 aliphatic heterocycles. The molecule has 0 aromatic carbocycles. The Hall–Kier alpha value is -1.92. The van der Waals surface area contributed by atoms with Gasteiger partial charge in [-0.3, -0.25) is 9.59 Å². The molecule has 2 atom stereocenters. The first-order valence-electron chi connectivity index (χ1n) is 27.8. The third-order valence-corrected chi connectivity index (χ3v) is 12.7. The Kier molecular flexibility index (Phi) is 51.1. The summed E-state index contributed by atoms with van der Waals surface area (Å²) in [5.74, 6) is -0.129. The van der Waals surface area contributed by atoms with Crippen LogP contribution in [0, 0.1) is 0 Å². The lowest BCUT2D eigenvalue weighted by Crippen LogP contribution is -2.45. The quantitative estimate of drug-likeness (QED) is 0.0321. The molecule has 0 aliphatic rings. The lowest BCUT2D eigenvalue weighted by atomic mass is 10.0. The monoisotopic (exact) mass is 886 g/mol. The predicted octanol–water partition coefficient (Wildman–Crippen LogP) is 16.9. The van der Waals surface area contributed by atoms with Crippen molar-refractivity contribution < 1.29 is 24.5 Å². The van der Waals surface area contributed by atoms with Gasteiger partial charge in [0.1, 0.15) is 0 Å². The summed E-state index contributed by atoms with van der Waals surface area (Å²) in [5.41, 5.74) is 0. The highest BCUT2D eigenvalue weighted by Crippen LogP contribution is 2.16. The van der Waals surface area contributed by atoms with Gasteiger partial charge in [-0.05, 0) is 64.2 Å². The molecule has 6 nitrogen and oxygen atoms in total. The molecule has 0 heterocycles. The van der Waals surface area contributed by atoms with Crippen LogP contribution >= 0.6 is 0 Å². The van der Waals surface area contributed by atoms with Crippen LogP contribution in [0.5, 0.6) is 0 Å².